The van der Waals surface area contributed by atoms with Crippen LogP contribution in [0.2, 0.25) is 0 Å². The smallest absolute Gasteiger partial charge is 0.0957 e. The Bertz CT molecular complexity index is 118. The molecule has 0 aliphatic carbocycles. The van der Waals surface area contributed by atoms with E-state index in [1.54, 1.807) is 4.90 Å². The Morgan fingerprint density at radius 2 is 2.07 bits per heavy atom. The van der Waals surface area contributed by atoms with E-state index in [0.29, 0.717) is 19.8 Å². The molecule has 1 unspecified atom stereocenters. The number of rotatable bonds is 9. The SMILES string of the molecule is CCCCOCC(O)CN(CC)CO. The molecule has 86 valence electrons. The minimum Gasteiger partial charge on any atom is -0.389 e. The molecule has 0 aromatic heterocycles. The molecule has 0 heterocycles. The third-order valence-electron chi connectivity index (χ3n) is 2.07. The van der Waals surface area contributed by atoms with E-state index in [1.807, 2.05) is 6.92 Å². The molecule has 0 bridgehead atoms. The van der Waals surface area contributed by atoms with Gasteiger partial charge in [-0.15, -0.1) is 0 Å². The number of nitrogens with zero attached hydrogens (tertiary/aromatic N) is 1. The van der Waals surface area contributed by atoms with Gasteiger partial charge in [0.05, 0.1) is 19.4 Å². The Kier molecular flexibility index (Phi) is 9.29. The van der Waals surface area contributed by atoms with Crippen LogP contribution >= 0.6 is 0 Å². The van der Waals surface area contributed by atoms with E-state index in [1.165, 1.54) is 0 Å². The predicted octanol–water partition coefficient (Wildman–Crippen LogP) is 0.436. The molecule has 0 rings (SSSR count). The monoisotopic (exact) mass is 205 g/mol. The van der Waals surface area contributed by atoms with Crippen LogP contribution in [0.5, 0.6) is 0 Å². The van der Waals surface area contributed by atoms with Gasteiger partial charge >= 0.3 is 0 Å². The van der Waals surface area contributed by atoms with Crippen LogP contribution in [0.1, 0.15) is 26.7 Å². The van der Waals surface area contributed by atoms with Crippen molar-refractivity contribution in [3.8, 4) is 0 Å². The van der Waals surface area contributed by atoms with Gasteiger partial charge < -0.3 is 14.9 Å². The van der Waals surface area contributed by atoms with Crippen LogP contribution in [0.15, 0.2) is 0 Å². The summed E-state index contributed by atoms with van der Waals surface area (Å²) in [5.74, 6) is 0. The van der Waals surface area contributed by atoms with Gasteiger partial charge in [-0.25, -0.2) is 0 Å². The van der Waals surface area contributed by atoms with Crippen LogP contribution in [0, 0.1) is 0 Å². The first-order valence-electron chi connectivity index (χ1n) is 5.33. The molecule has 4 heteroatoms. The molecule has 0 fully saturated rings. The average molecular weight is 205 g/mol. The molecule has 0 aromatic carbocycles. The molecule has 0 aromatic rings. The molecule has 0 aliphatic heterocycles. The Labute approximate surface area is 86.5 Å². The summed E-state index contributed by atoms with van der Waals surface area (Å²) in [7, 11) is 0. The second-order valence-electron chi connectivity index (χ2n) is 3.39. The van der Waals surface area contributed by atoms with Crippen LogP contribution in [-0.2, 0) is 4.74 Å². The number of unbranched alkanes of at least 4 members (excludes halogenated alkanes) is 1. The Balaban J connectivity index is 3.38. The van der Waals surface area contributed by atoms with Crippen molar-refractivity contribution in [1.82, 2.24) is 4.90 Å². The average Bonchev–Trinajstić information content (AvgIpc) is 2.21. The first kappa shape index (κ1) is 13.8. The Morgan fingerprint density at radius 1 is 1.36 bits per heavy atom. The number of hydrogen-bond donors (Lipinski definition) is 2. The van der Waals surface area contributed by atoms with Crippen LogP contribution in [0.4, 0.5) is 0 Å². The summed E-state index contributed by atoms with van der Waals surface area (Å²) < 4.78 is 5.27. The summed E-state index contributed by atoms with van der Waals surface area (Å²) in [4.78, 5) is 1.76. The zero-order valence-corrected chi connectivity index (χ0v) is 9.28. The van der Waals surface area contributed by atoms with E-state index in [2.05, 4.69) is 6.92 Å². The maximum absolute atomic E-state index is 9.50. The number of likely N-dealkylation sites (N-methyl/N-ethyl adjacent to an activating group) is 1. The zero-order valence-electron chi connectivity index (χ0n) is 9.28. The molecular formula is C10H23NO3. The second-order valence-corrected chi connectivity index (χ2v) is 3.39. The van der Waals surface area contributed by atoms with E-state index in [4.69, 9.17) is 9.84 Å². The quantitative estimate of drug-likeness (QED) is 0.423. The maximum atomic E-state index is 9.50. The van der Waals surface area contributed by atoms with Crippen LogP contribution < -0.4 is 0 Å². The largest absolute Gasteiger partial charge is 0.389 e. The van der Waals surface area contributed by atoms with Gasteiger partial charge in [-0.2, -0.15) is 0 Å². The lowest BCUT2D eigenvalue weighted by atomic mass is 10.3. The molecule has 0 spiro atoms. The molecule has 2 N–H and O–H groups in total. The fourth-order valence-corrected chi connectivity index (χ4v) is 1.10. The molecule has 0 radical (unpaired) electrons. The van der Waals surface area contributed by atoms with E-state index >= 15 is 0 Å². The van der Waals surface area contributed by atoms with E-state index in [9.17, 15) is 5.11 Å². The van der Waals surface area contributed by atoms with Gasteiger partial charge in [0.1, 0.15) is 0 Å². The van der Waals surface area contributed by atoms with Gasteiger partial charge in [-0.3, -0.25) is 4.90 Å². The third kappa shape index (κ3) is 7.26. The molecule has 0 saturated carbocycles. The number of hydrogen-bond acceptors (Lipinski definition) is 4. The van der Waals surface area contributed by atoms with Gasteiger partial charge in [0, 0.05) is 13.2 Å². The fourth-order valence-electron chi connectivity index (χ4n) is 1.10. The second kappa shape index (κ2) is 9.40. The molecule has 0 amide bonds. The Morgan fingerprint density at radius 3 is 2.57 bits per heavy atom. The van der Waals surface area contributed by atoms with Crippen molar-refractivity contribution in [2.45, 2.75) is 32.8 Å². The van der Waals surface area contributed by atoms with Crippen molar-refractivity contribution in [2.75, 3.05) is 33.0 Å². The highest BCUT2D eigenvalue weighted by Gasteiger charge is 2.08. The summed E-state index contributed by atoms with van der Waals surface area (Å²) >= 11 is 0. The zero-order chi connectivity index (χ0) is 10.8. The van der Waals surface area contributed by atoms with Crippen molar-refractivity contribution in [2.24, 2.45) is 0 Å². The van der Waals surface area contributed by atoms with Gasteiger partial charge in [-0.1, -0.05) is 20.3 Å². The van der Waals surface area contributed by atoms with Gasteiger partial charge in [0.25, 0.3) is 0 Å². The minimum absolute atomic E-state index is 0.0114. The number of aliphatic hydroxyl groups excluding tert-OH is 2. The van der Waals surface area contributed by atoms with Crippen LogP contribution in [0.3, 0.4) is 0 Å². The molecular weight excluding hydrogens is 182 g/mol. The summed E-state index contributed by atoms with van der Waals surface area (Å²) in [5.41, 5.74) is 0. The first-order valence-corrected chi connectivity index (χ1v) is 5.33. The lowest BCUT2D eigenvalue weighted by molar-refractivity contribution is -0.000647. The molecule has 1 atom stereocenters. The molecule has 4 nitrogen and oxygen atoms in total. The van der Waals surface area contributed by atoms with E-state index in [0.717, 1.165) is 19.4 Å². The fraction of sp³-hybridized carbons (Fsp3) is 1.00. The Hall–Kier alpha value is -0.160. The van der Waals surface area contributed by atoms with Crippen LogP contribution in [0.25, 0.3) is 0 Å². The summed E-state index contributed by atoms with van der Waals surface area (Å²) in [6.45, 7) is 6.31. The number of aliphatic hydroxyl groups is 2. The molecule has 14 heavy (non-hydrogen) atoms. The van der Waals surface area contributed by atoms with Gasteiger partial charge in [0.15, 0.2) is 0 Å². The summed E-state index contributed by atoms with van der Waals surface area (Å²) in [6, 6.07) is 0. The molecule has 0 saturated heterocycles. The van der Waals surface area contributed by atoms with Crippen molar-refractivity contribution in [3.63, 3.8) is 0 Å². The topological polar surface area (TPSA) is 52.9 Å². The first-order chi connectivity index (χ1) is 6.74. The minimum atomic E-state index is -0.501. The summed E-state index contributed by atoms with van der Waals surface area (Å²) in [6.07, 6.45) is 1.64. The van der Waals surface area contributed by atoms with Crippen molar-refractivity contribution >= 4 is 0 Å². The van der Waals surface area contributed by atoms with E-state index < -0.39 is 6.10 Å². The lowest BCUT2D eigenvalue weighted by Crippen LogP contribution is -2.35. The third-order valence-corrected chi connectivity index (χ3v) is 2.07. The summed E-state index contributed by atoms with van der Waals surface area (Å²) in [5, 5.41) is 18.4. The van der Waals surface area contributed by atoms with Crippen molar-refractivity contribution < 1.29 is 14.9 Å². The standard InChI is InChI=1S/C10H23NO3/c1-3-5-6-14-8-10(13)7-11(4-2)9-12/h10,12-13H,3-9H2,1-2H3. The predicted molar refractivity (Wildman–Crippen MR) is 56.1 cm³/mol. The highest BCUT2D eigenvalue weighted by Crippen LogP contribution is 1.94. The highest BCUT2D eigenvalue weighted by atomic mass is 16.5. The number of ether oxygens (including phenoxy) is 1. The van der Waals surface area contributed by atoms with Crippen LogP contribution in [-0.4, -0.2) is 54.3 Å². The van der Waals surface area contributed by atoms with Crippen molar-refractivity contribution in [1.29, 1.82) is 0 Å². The maximum Gasteiger partial charge on any atom is 0.0957 e. The normalized spacial score (nSPS) is 13.5. The van der Waals surface area contributed by atoms with Gasteiger partial charge in [-0.05, 0) is 13.0 Å². The highest BCUT2D eigenvalue weighted by molar-refractivity contribution is 4.59. The van der Waals surface area contributed by atoms with Gasteiger partial charge in [0.2, 0.25) is 0 Å². The lowest BCUT2D eigenvalue weighted by Gasteiger charge is -2.20. The van der Waals surface area contributed by atoms with E-state index in [-0.39, 0.29) is 6.73 Å². The van der Waals surface area contributed by atoms with Crippen molar-refractivity contribution in [3.05, 3.63) is 0 Å². The molecule has 0 aliphatic rings.